The third-order valence-corrected chi connectivity index (χ3v) is 5.01. The topological polar surface area (TPSA) is 78.3 Å². The van der Waals surface area contributed by atoms with E-state index in [0.717, 1.165) is 35.6 Å². The smallest absolute Gasteiger partial charge is 0.251 e. The monoisotopic (exact) mass is 442 g/mol. The molecule has 0 fully saturated rings. The number of ether oxygens (including phenoxy) is 2. The molecule has 4 aromatic rings. The van der Waals surface area contributed by atoms with Crippen LogP contribution in [0.4, 0.5) is 0 Å². The number of carbonyl (C=O) groups is 1. The molecule has 0 atom stereocenters. The Morgan fingerprint density at radius 2 is 1.58 bits per heavy atom. The molecule has 0 radical (unpaired) electrons. The number of amides is 1. The van der Waals surface area contributed by atoms with Gasteiger partial charge in [-0.1, -0.05) is 30.3 Å². The molecule has 0 aliphatic heterocycles. The van der Waals surface area contributed by atoms with Gasteiger partial charge in [0.05, 0.1) is 12.3 Å². The normalized spacial score (nSPS) is 10.5. The van der Waals surface area contributed by atoms with E-state index in [9.17, 15) is 4.79 Å². The first-order valence-electron chi connectivity index (χ1n) is 10.9. The molecule has 1 amide bonds. The van der Waals surface area contributed by atoms with Crippen molar-refractivity contribution in [1.82, 2.24) is 20.1 Å². The van der Waals surface area contributed by atoms with Crippen molar-refractivity contribution in [3.05, 3.63) is 103 Å². The van der Waals surface area contributed by atoms with Crippen molar-refractivity contribution in [2.24, 2.45) is 0 Å². The van der Waals surface area contributed by atoms with Gasteiger partial charge in [-0.2, -0.15) is 5.10 Å². The molecule has 7 heteroatoms. The van der Waals surface area contributed by atoms with Crippen molar-refractivity contribution in [2.75, 3.05) is 13.2 Å². The second-order valence-corrected chi connectivity index (χ2v) is 7.44. The average Bonchev–Trinajstić information content (AvgIpc) is 3.41. The summed E-state index contributed by atoms with van der Waals surface area (Å²) >= 11 is 0. The number of hydrogen-bond donors (Lipinski definition) is 1. The molecule has 7 nitrogen and oxygen atoms in total. The first-order valence-corrected chi connectivity index (χ1v) is 10.9. The number of aromatic nitrogens is 3. The van der Waals surface area contributed by atoms with Crippen LogP contribution in [0.5, 0.6) is 11.5 Å². The molecule has 3 aromatic carbocycles. The molecule has 0 unspecified atom stereocenters. The lowest BCUT2D eigenvalue weighted by molar-refractivity contribution is 0.0952. The summed E-state index contributed by atoms with van der Waals surface area (Å²) in [6.07, 6.45) is 4.77. The van der Waals surface area contributed by atoms with Gasteiger partial charge in [-0.05, 0) is 66.9 Å². The Morgan fingerprint density at radius 3 is 2.27 bits per heavy atom. The van der Waals surface area contributed by atoms with Gasteiger partial charge in [0.25, 0.3) is 5.91 Å². The summed E-state index contributed by atoms with van der Waals surface area (Å²) in [6.45, 7) is 1.73. The quantitative estimate of drug-likeness (QED) is 0.348. The number of benzene rings is 3. The molecule has 0 aliphatic carbocycles. The first-order chi connectivity index (χ1) is 16.3. The zero-order valence-corrected chi connectivity index (χ0v) is 18.3. The van der Waals surface area contributed by atoms with Crippen LogP contribution in [0.3, 0.4) is 0 Å². The maximum absolute atomic E-state index is 12.3. The summed E-state index contributed by atoms with van der Waals surface area (Å²) in [5.74, 6) is 1.52. The maximum atomic E-state index is 12.3. The highest BCUT2D eigenvalue weighted by atomic mass is 16.5. The van der Waals surface area contributed by atoms with Gasteiger partial charge in [0.1, 0.15) is 30.8 Å². The number of hydrogen-bond acceptors (Lipinski definition) is 5. The molecule has 33 heavy (non-hydrogen) atoms. The molecule has 4 rings (SSSR count). The molecule has 168 valence electrons. The second-order valence-electron chi connectivity index (χ2n) is 7.44. The fourth-order valence-corrected chi connectivity index (χ4v) is 3.20. The Hall–Kier alpha value is -4.13. The minimum absolute atomic E-state index is 0.0906. The van der Waals surface area contributed by atoms with Crippen molar-refractivity contribution in [1.29, 1.82) is 0 Å². The highest BCUT2D eigenvalue weighted by molar-refractivity contribution is 5.94. The lowest BCUT2D eigenvalue weighted by Crippen LogP contribution is -2.24. The Bertz CT molecular complexity index is 1110. The van der Waals surface area contributed by atoms with Crippen LogP contribution in [0.15, 0.2) is 91.5 Å². The summed E-state index contributed by atoms with van der Waals surface area (Å²) in [4.78, 5) is 16.2. The minimum atomic E-state index is -0.0906. The number of rotatable bonds is 11. The number of carbonyl (C=O) groups excluding carboxylic acids is 1. The van der Waals surface area contributed by atoms with E-state index in [2.05, 4.69) is 15.4 Å². The highest BCUT2D eigenvalue weighted by Gasteiger charge is 2.05. The van der Waals surface area contributed by atoms with Crippen molar-refractivity contribution < 1.29 is 14.3 Å². The van der Waals surface area contributed by atoms with Crippen molar-refractivity contribution in [3.8, 4) is 17.2 Å². The summed E-state index contributed by atoms with van der Waals surface area (Å²) in [7, 11) is 0. The van der Waals surface area contributed by atoms with E-state index in [1.165, 1.54) is 6.33 Å². The highest BCUT2D eigenvalue weighted by Crippen LogP contribution is 2.19. The number of unbranched alkanes of at least 4 members (excludes halogenated alkanes) is 1. The zero-order chi connectivity index (χ0) is 22.7. The van der Waals surface area contributed by atoms with Gasteiger partial charge >= 0.3 is 0 Å². The van der Waals surface area contributed by atoms with Crippen LogP contribution in [0, 0.1) is 0 Å². The summed E-state index contributed by atoms with van der Waals surface area (Å²) in [6, 6.07) is 24.9. The molecule has 0 saturated carbocycles. The standard InChI is InChI=1S/C26H26N4O3/c31-26(22-8-10-23(11-9-22)30-20-27-19-29-30)28-16-4-5-17-32-24-12-14-25(15-13-24)33-18-21-6-2-1-3-7-21/h1-3,6-15,19-20H,4-5,16-18H2,(H,28,31). The molecule has 1 heterocycles. The fraction of sp³-hybridized carbons (Fsp3) is 0.192. The largest absolute Gasteiger partial charge is 0.494 e. The minimum Gasteiger partial charge on any atom is -0.494 e. The third kappa shape index (κ3) is 6.67. The molecule has 0 spiro atoms. The van der Waals surface area contributed by atoms with E-state index in [1.807, 2.05) is 66.7 Å². The van der Waals surface area contributed by atoms with Gasteiger partial charge in [0.2, 0.25) is 0 Å². The van der Waals surface area contributed by atoms with Crippen LogP contribution in [-0.2, 0) is 6.61 Å². The lowest BCUT2D eigenvalue weighted by atomic mass is 10.2. The van der Waals surface area contributed by atoms with Gasteiger partial charge in [0, 0.05) is 12.1 Å². The van der Waals surface area contributed by atoms with Gasteiger partial charge in [-0.3, -0.25) is 4.79 Å². The van der Waals surface area contributed by atoms with Crippen LogP contribution < -0.4 is 14.8 Å². The van der Waals surface area contributed by atoms with Crippen molar-refractivity contribution in [2.45, 2.75) is 19.4 Å². The van der Waals surface area contributed by atoms with Gasteiger partial charge < -0.3 is 14.8 Å². The molecule has 1 aromatic heterocycles. The van der Waals surface area contributed by atoms with E-state index >= 15 is 0 Å². The molecular weight excluding hydrogens is 416 g/mol. The van der Waals surface area contributed by atoms with Crippen LogP contribution >= 0.6 is 0 Å². The van der Waals surface area contributed by atoms with Crippen molar-refractivity contribution in [3.63, 3.8) is 0 Å². The fourth-order valence-electron chi connectivity index (χ4n) is 3.20. The maximum Gasteiger partial charge on any atom is 0.251 e. The van der Waals surface area contributed by atoms with Gasteiger partial charge in [0.15, 0.2) is 0 Å². The molecule has 0 aliphatic rings. The third-order valence-electron chi connectivity index (χ3n) is 5.01. The Kier molecular flexibility index (Phi) is 7.68. The van der Waals surface area contributed by atoms with Gasteiger partial charge in [-0.25, -0.2) is 9.67 Å². The SMILES string of the molecule is O=C(NCCCCOc1ccc(OCc2ccccc2)cc1)c1ccc(-n2cncn2)cc1. The van der Waals surface area contributed by atoms with Gasteiger partial charge in [-0.15, -0.1) is 0 Å². The van der Waals surface area contributed by atoms with Crippen LogP contribution in [0.2, 0.25) is 0 Å². The Labute approximate surface area is 193 Å². The predicted molar refractivity (Wildman–Crippen MR) is 126 cm³/mol. The first kappa shape index (κ1) is 22.1. The lowest BCUT2D eigenvalue weighted by Gasteiger charge is -2.09. The number of nitrogens with zero attached hydrogens (tertiary/aromatic N) is 3. The van der Waals surface area contributed by atoms with E-state index in [4.69, 9.17) is 9.47 Å². The van der Waals surface area contributed by atoms with Crippen molar-refractivity contribution >= 4 is 5.91 Å². The van der Waals surface area contributed by atoms with Crippen LogP contribution in [0.1, 0.15) is 28.8 Å². The average molecular weight is 443 g/mol. The van der Waals surface area contributed by atoms with Crippen LogP contribution in [-0.4, -0.2) is 33.8 Å². The Balaban J connectivity index is 1.10. The molecule has 0 bridgehead atoms. The number of nitrogens with one attached hydrogen (secondary N) is 1. The van der Waals surface area contributed by atoms with E-state index in [1.54, 1.807) is 23.1 Å². The van der Waals surface area contributed by atoms with E-state index in [-0.39, 0.29) is 5.91 Å². The zero-order valence-electron chi connectivity index (χ0n) is 18.3. The molecular formula is C26H26N4O3. The summed E-state index contributed by atoms with van der Waals surface area (Å²) in [5.41, 5.74) is 2.61. The molecule has 1 N–H and O–H groups in total. The van der Waals surface area contributed by atoms with Crippen LogP contribution in [0.25, 0.3) is 5.69 Å². The molecule has 0 saturated heterocycles. The Morgan fingerprint density at radius 1 is 0.848 bits per heavy atom. The van der Waals surface area contributed by atoms with E-state index < -0.39 is 0 Å². The van der Waals surface area contributed by atoms with E-state index in [0.29, 0.717) is 25.3 Å². The summed E-state index contributed by atoms with van der Waals surface area (Å²) < 4.78 is 13.2. The predicted octanol–water partition coefficient (Wildman–Crippen LogP) is 4.44. The second kappa shape index (κ2) is 11.5. The summed E-state index contributed by atoms with van der Waals surface area (Å²) in [5, 5.41) is 7.01.